The SMILES string of the molecule is CCC(C)C(NC(=O)C(Cc1cnc[nH]1)NC(=O)C(N)CC(N)=O)C(=O)NC(CCCCN)C(=O)O. The lowest BCUT2D eigenvalue weighted by molar-refractivity contribution is -0.143. The maximum atomic E-state index is 13.2. The molecular weight excluding hydrogens is 472 g/mol. The Bertz CT molecular complexity index is 878. The topological polar surface area (TPSA) is 248 Å². The molecule has 202 valence electrons. The lowest BCUT2D eigenvalue weighted by atomic mass is 9.96. The highest BCUT2D eigenvalue weighted by molar-refractivity contribution is 5.95. The lowest BCUT2D eigenvalue weighted by Gasteiger charge is -2.28. The van der Waals surface area contributed by atoms with Gasteiger partial charge in [-0.15, -0.1) is 0 Å². The molecule has 14 nitrogen and oxygen atoms in total. The van der Waals surface area contributed by atoms with Gasteiger partial charge in [-0.3, -0.25) is 19.2 Å². The summed E-state index contributed by atoms with van der Waals surface area (Å²) in [5.41, 5.74) is 16.8. The van der Waals surface area contributed by atoms with Gasteiger partial charge < -0.3 is 43.2 Å². The first-order valence-corrected chi connectivity index (χ1v) is 11.8. The standard InChI is InChI=1S/C22H38N8O6/c1-3-12(2)18(21(34)28-15(22(35)36)6-4-5-7-23)30-20(33)16(8-13-10-26-11-27-13)29-19(32)14(24)9-17(25)31/h10-12,14-16,18H,3-9,23-24H2,1-2H3,(H2,25,31)(H,26,27)(H,28,34)(H,29,32)(H,30,33)(H,35,36). The summed E-state index contributed by atoms with van der Waals surface area (Å²) in [5, 5.41) is 17.1. The van der Waals surface area contributed by atoms with Crippen molar-refractivity contribution < 1.29 is 29.1 Å². The number of aliphatic carboxylic acids is 1. The van der Waals surface area contributed by atoms with E-state index in [2.05, 4.69) is 25.9 Å². The van der Waals surface area contributed by atoms with E-state index in [1.807, 2.05) is 6.92 Å². The number of aromatic amines is 1. The number of unbranched alkanes of at least 4 members (excludes halogenated alkanes) is 1. The number of primary amides is 1. The van der Waals surface area contributed by atoms with E-state index in [-0.39, 0.29) is 18.8 Å². The average Bonchev–Trinajstić information content (AvgIpc) is 3.33. The number of amides is 4. The normalized spacial score (nSPS) is 15.1. The van der Waals surface area contributed by atoms with Gasteiger partial charge in [0.2, 0.25) is 23.6 Å². The Kier molecular flexibility index (Phi) is 13.1. The quantitative estimate of drug-likeness (QED) is 0.106. The number of carbonyl (C=O) groups excluding carboxylic acids is 4. The van der Waals surface area contributed by atoms with Gasteiger partial charge in [0.05, 0.1) is 18.8 Å². The van der Waals surface area contributed by atoms with E-state index in [4.69, 9.17) is 17.2 Å². The van der Waals surface area contributed by atoms with Crippen molar-refractivity contribution in [2.75, 3.05) is 6.54 Å². The van der Waals surface area contributed by atoms with Crippen LogP contribution >= 0.6 is 0 Å². The molecule has 0 aliphatic rings. The Morgan fingerprint density at radius 2 is 1.72 bits per heavy atom. The van der Waals surface area contributed by atoms with Crippen molar-refractivity contribution >= 4 is 29.6 Å². The minimum atomic E-state index is -1.27. The number of hydrogen-bond acceptors (Lipinski definition) is 8. The van der Waals surface area contributed by atoms with Gasteiger partial charge >= 0.3 is 5.97 Å². The molecule has 0 radical (unpaired) electrons. The molecule has 14 heteroatoms. The van der Waals surface area contributed by atoms with E-state index in [1.165, 1.54) is 12.5 Å². The molecular formula is C22H38N8O6. The Morgan fingerprint density at radius 1 is 1.06 bits per heavy atom. The minimum Gasteiger partial charge on any atom is -0.480 e. The van der Waals surface area contributed by atoms with E-state index in [0.717, 1.165) is 0 Å². The van der Waals surface area contributed by atoms with Gasteiger partial charge in [0.15, 0.2) is 0 Å². The second kappa shape index (κ2) is 15.5. The summed E-state index contributed by atoms with van der Waals surface area (Å²) in [6.07, 6.45) is 4.26. The van der Waals surface area contributed by atoms with Crippen molar-refractivity contribution in [1.29, 1.82) is 0 Å². The molecule has 1 aromatic heterocycles. The number of nitrogens with one attached hydrogen (secondary N) is 4. The number of carboxylic acid groups (broad SMARTS) is 1. The van der Waals surface area contributed by atoms with Crippen LogP contribution in [-0.2, 0) is 30.4 Å². The molecule has 0 aromatic carbocycles. The van der Waals surface area contributed by atoms with E-state index >= 15 is 0 Å². The number of imidazole rings is 1. The molecule has 0 fully saturated rings. The lowest BCUT2D eigenvalue weighted by Crippen LogP contribution is -2.59. The number of carbonyl (C=O) groups is 5. The van der Waals surface area contributed by atoms with Crippen LogP contribution in [0.2, 0.25) is 0 Å². The molecule has 1 heterocycles. The number of carboxylic acids is 1. The predicted molar refractivity (Wildman–Crippen MR) is 130 cm³/mol. The summed E-state index contributed by atoms with van der Waals surface area (Å²) in [4.78, 5) is 68.2. The van der Waals surface area contributed by atoms with E-state index in [0.29, 0.717) is 31.5 Å². The molecule has 0 aliphatic carbocycles. The third-order valence-corrected chi connectivity index (χ3v) is 5.72. The van der Waals surface area contributed by atoms with Crippen LogP contribution in [0, 0.1) is 5.92 Å². The van der Waals surface area contributed by atoms with Crippen molar-refractivity contribution in [3.8, 4) is 0 Å². The van der Waals surface area contributed by atoms with Gasteiger partial charge in [-0.1, -0.05) is 20.3 Å². The van der Waals surface area contributed by atoms with Gasteiger partial charge in [0.25, 0.3) is 0 Å². The third kappa shape index (κ3) is 10.4. The largest absolute Gasteiger partial charge is 0.480 e. The molecule has 4 amide bonds. The fraction of sp³-hybridized carbons (Fsp3) is 0.636. The number of aromatic nitrogens is 2. The molecule has 0 saturated heterocycles. The Balaban J connectivity index is 3.04. The number of nitrogens with zero attached hydrogens (tertiary/aromatic N) is 1. The zero-order valence-corrected chi connectivity index (χ0v) is 20.7. The van der Waals surface area contributed by atoms with Crippen LogP contribution in [0.5, 0.6) is 0 Å². The highest BCUT2D eigenvalue weighted by atomic mass is 16.4. The zero-order chi connectivity index (χ0) is 27.3. The van der Waals surface area contributed by atoms with Crippen LogP contribution in [-0.4, -0.2) is 75.4 Å². The first-order chi connectivity index (χ1) is 17.0. The summed E-state index contributed by atoms with van der Waals surface area (Å²) in [6, 6.07) is -4.65. The molecule has 36 heavy (non-hydrogen) atoms. The van der Waals surface area contributed by atoms with Gasteiger partial charge in [-0.05, 0) is 31.7 Å². The van der Waals surface area contributed by atoms with Crippen molar-refractivity contribution in [1.82, 2.24) is 25.9 Å². The van der Waals surface area contributed by atoms with Crippen LogP contribution in [0.4, 0.5) is 0 Å². The molecule has 5 atom stereocenters. The Morgan fingerprint density at radius 3 is 2.25 bits per heavy atom. The number of rotatable bonds is 17. The first-order valence-electron chi connectivity index (χ1n) is 11.8. The van der Waals surface area contributed by atoms with E-state index < -0.39 is 60.2 Å². The van der Waals surface area contributed by atoms with Crippen molar-refractivity contribution in [3.63, 3.8) is 0 Å². The van der Waals surface area contributed by atoms with Crippen molar-refractivity contribution in [3.05, 3.63) is 18.2 Å². The van der Waals surface area contributed by atoms with Gasteiger partial charge in [0.1, 0.15) is 18.1 Å². The number of nitrogens with two attached hydrogens (primary N) is 3. The van der Waals surface area contributed by atoms with E-state index in [1.54, 1.807) is 6.92 Å². The van der Waals surface area contributed by atoms with Gasteiger partial charge in [-0.2, -0.15) is 0 Å². The second-order valence-corrected chi connectivity index (χ2v) is 8.67. The highest BCUT2D eigenvalue weighted by Gasteiger charge is 2.33. The van der Waals surface area contributed by atoms with Crippen LogP contribution in [0.1, 0.15) is 51.6 Å². The van der Waals surface area contributed by atoms with Crippen molar-refractivity contribution in [2.24, 2.45) is 23.1 Å². The van der Waals surface area contributed by atoms with Crippen LogP contribution in [0.3, 0.4) is 0 Å². The molecule has 0 bridgehead atoms. The molecule has 0 saturated carbocycles. The Labute approximate surface area is 209 Å². The smallest absolute Gasteiger partial charge is 0.326 e. The van der Waals surface area contributed by atoms with Crippen LogP contribution in [0.15, 0.2) is 12.5 Å². The summed E-state index contributed by atoms with van der Waals surface area (Å²) in [5.74, 6) is -4.45. The summed E-state index contributed by atoms with van der Waals surface area (Å²) >= 11 is 0. The predicted octanol–water partition coefficient (Wildman–Crippen LogP) is -2.13. The Hall–Kier alpha value is -3.52. The summed E-state index contributed by atoms with van der Waals surface area (Å²) in [7, 11) is 0. The van der Waals surface area contributed by atoms with Gasteiger partial charge in [-0.25, -0.2) is 9.78 Å². The zero-order valence-electron chi connectivity index (χ0n) is 20.7. The number of H-pyrrole nitrogens is 1. The maximum Gasteiger partial charge on any atom is 0.326 e. The van der Waals surface area contributed by atoms with Crippen LogP contribution in [0.25, 0.3) is 0 Å². The minimum absolute atomic E-state index is 0.00739. The molecule has 0 aliphatic heterocycles. The molecule has 0 spiro atoms. The fourth-order valence-corrected chi connectivity index (χ4v) is 3.38. The molecule has 1 aromatic rings. The monoisotopic (exact) mass is 510 g/mol. The highest BCUT2D eigenvalue weighted by Crippen LogP contribution is 2.11. The van der Waals surface area contributed by atoms with Crippen molar-refractivity contribution in [2.45, 2.75) is 76.5 Å². The molecule has 1 rings (SSSR count). The third-order valence-electron chi connectivity index (χ3n) is 5.72. The molecule has 11 N–H and O–H groups in total. The molecule has 5 unspecified atom stereocenters. The summed E-state index contributed by atoms with van der Waals surface area (Å²) < 4.78 is 0. The first kappa shape index (κ1) is 30.5. The summed E-state index contributed by atoms with van der Waals surface area (Å²) in [6.45, 7) is 3.96. The van der Waals surface area contributed by atoms with E-state index in [9.17, 15) is 29.1 Å². The van der Waals surface area contributed by atoms with Crippen LogP contribution < -0.4 is 33.2 Å². The number of hydrogen-bond donors (Lipinski definition) is 8. The second-order valence-electron chi connectivity index (χ2n) is 8.67. The maximum absolute atomic E-state index is 13.2. The fourth-order valence-electron chi connectivity index (χ4n) is 3.38. The average molecular weight is 511 g/mol. The van der Waals surface area contributed by atoms with Gasteiger partial charge in [0, 0.05) is 18.3 Å².